The molecule has 0 atom stereocenters. The van der Waals surface area contributed by atoms with Crippen molar-refractivity contribution in [3.8, 4) is 11.4 Å². The van der Waals surface area contributed by atoms with Crippen molar-refractivity contribution < 1.29 is 4.79 Å². The van der Waals surface area contributed by atoms with Gasteiger partial charge in [0.25, 0.3) is 5.91 Å². The Morgan fingerprint density at radius 2 is 1.81 bits per heavy atom. The molecule has 0 aliphatic rings. The van der Waals surface area contributed by atoms with E-state index >= 15 is 0 Å². The summed E-state index contributed by atoms with van der Waals surface area (Å²) in [6.45, 7) is 6.10. The van der Waals surface area contributed by atoms with Gasteiger partial charge in [0, 0.05) is 5.56 Å². The first-order chi connectivity index (χ1) is 13.0. The van der Waals surface area contributed by atoms with Gasteiger partial charge < -0.3 is 0 Å². The fourth-order valence-electron chi connectivity index (χ4n) is 2.50. The van der Waals surface area contributed by atoms with E-state index in [-0.39, 0.29) is 12.5 Å². The summed E-state index contributed by atoms with van der Waals surface area (Å²) in [5.41, 5.74) is 6.35. The van der Waals surface area contributed by atoms with Crippen LogP contribution < -0.4 is 5.43 Å². The molecule has 7 nitrogen and oxygen atoms in total. The van der Waals surface area contributed by atoms with Gasteiger partial charge in [-0.2, -0.15) is 9.90 Å². The number of tetrazole rings is 1. The number of hydrazone groups is 1. The molecule has 0 saturated carbocycles. The topological polar surface area (TPSA) is 85.1 Å². The molecule has 3 rings (SSSR count). The van der Waals surface area contributed by atoms with Crippen LogP contribution in [0.2, 0.25) is 0 Å². The average Bonchev–Trinajstić information content (AvgIpc) is 3.15. The zero-order valence-corrected chi connectivity index (χ0v) is 15.6. The zero-order valence-electron chi connectivity index (χ0n) is 15.6. The Morgan fingerprint density at radius 1 is 1.11 bits per heavy atom. The second kappa shape index (κ2) is 8.35. The molecular formula is C20H22N6O. The third kappa shape index (κ3) is 4.84. The van der Waals surface area contributed by atoms with E-state index in [2.05, 4.69) is 51.9 Å². The Balaban J connectivity index is 1.59. The SMILES string of the molecule is C/C(=N/NC(=O)Cn1nnc(-c2ccccc2)n1)c1ccc(C(C)C)cc1. The van der Waals surface area contributed by atoms with Crippen LogP contribution >= 0.6 is 0 Å². The van der Waals surface area contributed by atoms with Crippen molar-refractivity contribution in [2.75, 3.05) is 0 Å². The largest absolute Gasteiger partial charge is 0.271 e. The highest BCUT2D eigenvalue weighted by Crippen LogP contribution is 2.15. The quantitative estimate of drug-likeness (QED) is 0.539. The molecule has 0 saturated heterocycles. The van der Waals surface area contributed by atoms with E-state index in [9.17, 15) is 4.79 Å². The standard InChI is InChI=1S/C20H22N6O/c1-14(2)16-9-11-17(12-10-16)15(3)21-22-19(27)13-26-24-20(23-25-26)18-7-5-4-6-8-18/h4-12,14H,13H2,1-3H3,(H,22,27)/b21-15-. The van der Waals surface area contributed by atoms with Crippen LogP contribution in [0.3, 0.4) is 0 Å². The number of hydrogen-bond acceptors (Lipinski definition) is 5. The summed E-state index contributed by atoms with van der Waals surface area (Å²) in [4.78, 5) is 13.3. The maximum absolute atomic E-state index is 12.1. The molecule has 3 aromatic rings. The number of carbonyl (C=O) groups excluding carboxylic acids is 1. The average molecular weight is 362 g/mol. The lowest BCUT2D eigenvalue weighted by Gasteiger charge is -2.07. The molecule has 1 aromatic heterocycles. The van der Waals surface area contributed by atoms with Crippen LogP contribution in [0.25, 0.3) is 11.4 Å². The van der Waals surface area contributed by atoms with E-state index in [0.29, 0.717) is 11.7 Å². The first kappa shape index (κ1) is 18.4. The summed E-state index contributed by atoms with van der Waals surface area (Å²) >= 11 is 0. The lowest BCUT2D eigenvalue weighted by atomic mass is 10.0. The van der Waals surface area contributed by atoms with Crippen molar-refractivity contribution in [3.63, 3.8) is 0 Å². The molecule has 0 aliphatic carbocycles. The number of hydrogen-bond donors (Lipinski definition) is 1. The Kier molecular flexibility index (Phi) is 5.71. The van der Waals surface area contributed by atoms with Gasteiger partial charge in [-0.15, -0.1) is 10.2 Å². The monoisotopic (exact) mass is 362 g/mol. The summed E-state index contributed by atoms with van der Waals surface area (Å²) in [6.07, 6.45) is 0. The normalized spacial score (nSPS) is 11.6. The molecule has 27 heavy (non-hydrogen) atoms. The van der Waals surface area contributed by atoms with E-state index in [1.54, 1.807) is 0 Å². The third-order valence-corrected chi connectivity index (χ3v) is 4.11. The number of carbonyl (C=O) groups is 1. The lowest BCUT2D eigenvalue weighted by molar-refractivity contribution is -0.122. The Hall–Kier alpha value is -3.35. The van der Waals surface area contributed by atoms with Crippen LogP contribution in [0.15, 0.2) is 59.7 Å². The van der Waals surface area contributed by atoms with Crippen molar-refractivity contribution in [1.82, 2.24) is 25.6 Å². The molecule has 138 valence electrons. The Bertz CT molecular complexity index is 929. The maximum atomic E-state index is 12.1. The fraction of sp³-hybridized carbons (Fsp3) is 0.250. The molecule has 0 aliphatic heterocycles. The number of nitrogens with one attached hydrogen (secondary N) is 1. The Morgan fingerprint density at radius 3 is 2.48 bits per heavy atom. The molecule has 0 radical (unpaired) electrons. The second-order valence-corrected chi connectivity index (χ2v) is 6.52. The van der Waals surface area contributed by atoms with Crippen molar-refractivity contribution in [2.24, 2.45) is 5.10 Å². The van der Waals surface area contributed by atoms with Gasteiger partial charge in [-0.25, -0.2) is 5.43 Å². The molecule has 1 amide bonds. The lowest BCUT2D eigenvalue weighted by Crippen LogP contribution is -2.25. The molecule has 2 aromatic carbocycles. The van der Waals surface area contributed by atoms with Crippen LogP contribution in [0.5, 0.6) is 0 Å². The third-order valence-electron chi connectivity index (χ3n) is 4.11. The number of nitrogens with zero attached hydrogens (tertiary/aromatic N) is 5. The van der Waals surface area contributed by atoms with Crippen molar-refractivity contribution in [1.29, 1.82) is 0 Å². The van der Waals surface area contributed by atoms with E-state index in [4.69, 9.17) is 0 Å². The molecule has 7 heteroatoms. The van der Waals surface area contributed by atoms with Crippen LogP contribution in [0, 0.1) is 0 Å². The molecule has 0 fully saturated rings. The van der Waals surface area contributed by atoms with Crippen LogP contribution in [0.4, 0.5) is 0 Å². The van der Waals surface area contributed by atoms with Crippen molar-refractivity contribution >= 4 is 11.6 Å². The van der Waals surface area contributed by atoms with Gasteiger partial charge in [0.15, 0.2) is 0 Å². The highest BCUT2D eigenvalue weighted by Gasteiger charge is 2.09. The molecule has 1 N–H and O–H groups in total. The predicted molar refractivity (Wildman–Crippen MR) is 104 cm³/mol. The maximum Gasteiger partial charge on any atom is 0.263 e. The van der Waals surface area contributed by atoms with Crippen LogP contribution in [0.1, 0.15) is 37.8 Å². The van der Waals surface area contributed by atoms with Crippen LogP contribution in [-0.4, -0.2) is 31.8 Å². The summed E-state index contributed by atoms with van der Waals surface area (Å²) in [6, 6.07) is 17.6. The van der Waals surface area contributed by atoms with E-state index < -0.39 is 0 Å². The van der Waals surface area contributed by atoms with Gasteiger partial charge in [-0.1, -0.05) is 68.4 Å². The zero-order chi connectivity index (χ0) is 19.2. The van der Waals surface area contributed by atoms with Gasteiger partial charge in [0.05, 0.1) is 5.71 Å². The number of aromatic nitrogens is 4. The minimum Gasteiger partial charge on any atom is -0.271 e. The molecule has 0 unspecified atom stereocenters. The highest BCUT2D eigenvalue weighted by molar-refractivity contribution is 5.99. The summed E-state index contributed by atoms with van der Waals surface area (Å²) < 4.78 is 0. The second-order valence-electron chi connectivity index (χ2n) is 6.52. The number of benzene rings is 2. The van der Waals surface area contributed by atoms with Crippen molar-refractivity contribution in [2.45, 2.75) is 33.2 Å². The van der Waals surface area contributed by atoms with Gasteiger partial charge in [-0.05, 0) is 29.2 Å². The molecule has 0 bridgehead atoms. The van der Waals surface area contributed by atoms with E-state index in [1.807, 2.05) is 49.4 Å². The minimum absolute atomic E-state index is 0.0527. The number of amides is 1. The first-order valence-corrected chi connectivity index (χ1v) is 8.79. The molecular weight excluding hydrogens is 340 g/mol. The Labute approximate surface area is 158 Å². The molecule has 1 heterocycles. The van der Waals surface area contributed by atoms with Crippen LogP contribution in [-0.2, 0) is 11.3 Å². The fourth-order valence-corrected chi connectivity index (χ4v) is 2.50. The predicted octanol–water partition coefficient (Wildman–Crippen LogP) is 3.00. The van der Waals surface area contributed by atoms with Gasteiger partial charge in [-0.3, -0.25) is 4.79 Å². The van der Waals surface area contributed by atoms with Crippen molar-refractivity contribution in [3.05, 3.63) is 65.7 Å². The van der Waals surface area contributed by atoms with Gasteiger partial charge in [0.2, 0.25) is 5.82 Å². The summed E-state index contributed by atoms with van der Waals surface area (Å²) in [5.74, 6) is 0.644. The first-order valence-electron chi connectivity index (χ1n) is 8.79. The minimum atomic E-state index is -0.315. The highest BCUT2D eigenvalue weighted by atomic mass is 16.2. The summed E-state index contributed by atoms with van der Waals surface area (Å²) in [5, 5.41) is 16.3. The smallest absolute Gasteiger partial charge is 0.263 e. The van der Waals surface area contributed by atoms with E-state index in [0.717, 1.165) is 16.8 Å². The van der Waals surface area contributed by atoms with E-state index in [1.165, 1.54) is 10.4 Å². The molecule has 0 spiro atoms. The van der Waals surface area contributed by atoms with Gasteiger partial charge >= 0.3 is 0 Å². The van der Waals surface area contributed by atoms with Gasteiger partial charge in [0.1, 0.15) is 6.54 Å². The number of rotatable bonds is 6. The summed E-state index contributed by atoms with van der Waals surface area (Å²) in [7, 11) is 0.